The second-order valence-electron chi connectivity index (χ2n) is 4.77. The van der Waals surface area contributed by atoms with Gasteiger partial charge in [0.2, 0.25) is 0 Å². The van der Waals surface area contributed by atoms with Crippen LogP contribution in [0.2, 0.25) is 0 Å². The van der Waals surface area contributed by atoms with E-state index in [0.717, 1.165) is 30.1 Å². The highest BCUT2D eigenvalue weighted by Gasteiger charge is 2.08. The van der Waals surface area contributed by atoms with Crippen LogP contribution in [0.25, 0.3) is 0 Å². The summed E-state index contributed by atoms with van der Waals surface area (Å²) in [7, 11) is 1.71. The molecular weight excluding hydrogens is 238 g/mol. The minimum absolute atomic E-state index is 0.368. The normalized spacial score (nSPS) is 12.4. The van der Waals surface area contributed by atoms with Crippen molar-refractivity contribution in [2.24, 2.45) is 0 Å². The Morgan fingerprint density at radius 1 is 1.37 bits per heavy atom. The maximum atomic E-state index is 5.37. The molecule has 1 aromatic heterocycles. The maximum Gasteiger partial charge on any atom is 0.122 e. The molecule has 0 bridgehead atoms. The summed E-state index contributed by atoms with van der Waals surface area (Å²) in [4.78, 5) is 7.37. The molecule has 0 fully saturated rings. The number of nitrogens with zero attached hydrogens (tertiary/aromatic N) is 1. The molecule has 1 aromatic carbocycles. The Morgan fingerprint density at radius 2 is 2.16 bits per heavy atom. The third kappa shape index (κ3) is 3.58. The number of hydrogen-bond donors (Lipinski definition) is 2. The molecule has 4 heteroatoms. The highest BCUT2D eigenvalue weighted by Crippen LogP contribution is 2.18. The van der Waals surface area contributed by atoms with Gasteiger partial charge >= 0.3 is 0 Å². The number of aromatic amines is 1. The summed E-state index contributed by atoms with van der Waals surface area (Å²) >= 11 is 0. The van der Waals surface area contributed by atoms with Gasteiger partial charge in [0.05, 0.1) is 19.1 Å². The number of aromatic nitrogens is 2. The van der Waals surface area contributed by atoms with Crippen LogP contribution in [0.15, 0.2) is 30.6 Å². The molecule has 1 heterocycles. The van der Waals surface area contributed by atoms with Crippen molar-refractivity contribution in [2.45, 2.75) is 32.9 Å². The monoisotopic (exact) mass is 259 g/mol. The van der Waals surface area contributed by atoms with Crippen LogP contribution >= 0.6 is 0 Å². The van der Waals surface area contributed by atoms with Gasteiger partial charge in [-0.2, -0.15) is 0 Å². The zero-order valence-corrected chi connectivity index (χ0v) is 11.7. The van der Waals surface area contributed by atoms with Crippen molar-refractivity contribution in [3.05, 3.63) is 47.5 Å². The van der Waals surface area contributed by atoms with Crippen molar-refractivity contribution >= 4 is 0 Å². The quantitative estimate of drug-likeness (QED) is 0.837. The first-order valence-electron chi connectivity index (χ1n) is 6.55. The zero-order valence-electron chi connectivity index (χ0n) is 11.7. The summed E-state index contributed by atoms with van der Waals surface area (Å²) in [6.45, 7) is 5.00. The van der Waals surface area contributed by atoms with Crippen LogP contribution in [0, 0.1) is 6.92 Å². The number of hydrogen-bond acceptors (Lipinski definition) is 3. The molecule has 0 radical (unpaired) electrons. The van der Waals surface area contributed by atoms with E-state index in [1.54, 1.807) is 13.4 Å². The van der Waals surface area contributed by atoms with Crippen LogP contribution in [0.1, 0.15) is 23.9 Å². The lowest BCUT2D eigenvalue weighted by Gasteiger charge is -2.15. The van der Waals surface area contributed by atoms with E-state index in [1.165, 1.54) is 5.56 Å². The third-order valence-corrected chi connectivity index (χ3v) is 3.27. The Kier molecular flexibility index (Phi) is 4.58. The minimum atomic E-state index is 0.368. The van der Waals surface area contributed by atoms with E-state index in [9.17, 15) is 0 Å². The Morgan fingerprint density at radius 3 is 2.84 bits per heavy atom. The molecule has 0 aliphatic rings. The molecule has 0 amide bonds. The fourth-order valence-corrected chi connectivity index (χ4v) is 2.11. The molecule has 2 aromatic rings. The fourth-order valence-electron chi connectivity index (χ4n) is 2.11. The molecule has 0 aliphatic carbocycles. The molecule has 0 spiro atoms. The van der Waals surface area contributed by atoms with Crippen LogP contribution in [-0.4, -0.2) is 23.1 Å². The predicted octanol–water partition coefficient (Wildman–Crippen LogP) is 2.45. The van der Waals surface area contributed by atoms with Crippen molar-refractivity contribution in [3.63, 3.8) is 0 Å². The van der Waals surface area contributed by atoms with Gasteiger partial charge in [0.1, 0.15) is 5.75 Å². The van der Waals surface area contributed by atoms with Crippen LogP contribution in [0.4, 0.5) is 0 Å². The standard InChI is InChI=1S/C15H21N3O/c1-11(16-9-14-12(2)17-10-18-14)8-13-6-4-5-7-15(13)19-3/h4-7,10-11,16H,8-9H2,1-3H3,(H,17,18). The van der Waals surface area contributed by atoms with E-state index >= 15 is 0 Å². The number of H-pyrrole nitrogens is 1. The van der Waals surface area contributed by atoms with Gasteiger partial charge in [0.25, 0.3) is 0 Å². The molecule has 102 valence electrons. The summed E-state index contributed by atoms with van der Waals surface area (Å²) < 4.78 is 5.37. The van der Waals surface area contributed by atoms with Crippen molar-refractivity contribution in [1.82, 2.24) is 15.3 Å². The van der Waals surface area contributed by atoms with E-state index in [-0.39, 0.29) is 0 Å². The Bertz CT molecular complexity index is 522. The van der Waals surface area contributed by atoms with Crippen LogP contribution in [0.3, 0.4) is 0 Å². The van der Waals surface area contributed by atoms with Gasteiger partial charge in [0.15, 0.2) is 0 Å². The summed E-state index contributed by atoms with van der Waals surface area (Å²) in [5.41, 5.74) is 3.42. The average molecular weight is 259 g/mol. The van der Waals surface area contributed by atoms with Crippen molar-refractivity contribution < 1.29 is 4.74 Å². The molecule has 19 heavy (non-hydrogen) atoms. The lowest BCUT2D eigenvalue weighted by atomic mass is 10.1. The second kappa shape index (κ2) is 6.38. The molecule has 2 N–H and O–H groups in total. The van der Waals surface area contributed by atoms with E-state index in [1.807, 2.05) is 25.1 Å². The SMILES string of the molecule is COc1ccccc1CC(C)NCc1nc[nH]c1C. The van der Waals surface area contributed by atoms with Crippen LogP contribution in [0.5, 0.6) is 5.75 Å². The van der Waals surface area contributed by atoms with Crippen molar-refractivity contribution in [2.75, 3.05) is 7.11 Å². The summed E-state index contributed by atoms with van der Waals surface area (Å²) in [5, 5.41) is 3.49. The molecule has 2 rings (SSSR count). The molecule has 4 nitrogen and oxygen atoms in total. The number of nitrogens with one attached hydrogen (secondary N) is 2. The first kappa shape index (κ1) is 13.6. The largest absolute Gasteiger partial charge is 0.496 e. The minimum Gasteiger partial charge on any atom is -0.496 e. The fraction of sp³-hybridized carbons (Fsp3) is 0.400. The number of aryl methyl sites for hydroxylation is 1. The maximum absolute atomic E-state index is 5.37. The number of rotatable bonds is 6. The first-order chi connectivity index (χ1) is 9.20. The molecule has 0 saturated carbocycles. The first-order valence-corrected chi connectivity index (χ1v) is 6.55. The van der Waals surface area contributed by atoms with E-state index in [2.05, 4.69) is 28.3 Å². The van der Waals surface area contributed by atoms with Gasteiger partial charge < -0.3 is 15.0 Å². The molecule has 0 aliphatic heterocycles. The summed E-state index contributed by atoms with van der Waals surface area (Å²) in [6, 6.07) is 8.51. The summed E-state index contributed by atoms with van der Waals surface area (Å²) in [5.74, 6) is 0.951. The number of imidazole rings is 1. The smallest absolute Gasteiger partial charge is 0.122 e. The van der Waals surface area contributed by atoms with Crippen LogP contribution < -0.4 is 10.1 Å². The Hall–Kier alpha value is -1.81. The van der Waals surface area contributed by atoms with Crippen molar-refractivity contribution in [3.8, 4) is 5.75 Å². The van der Waals surface area contributed by atoms with Gasteiger partial charge in [-0.1, -0.05) is 18.2 Å². The lowest BCUT2D eigenvalue weighted by molar-refractivity contribution is 0.406. The third-order valence-electron chi connectivity index (χ3n) is 3.27. The molecule has 1 atom stereocenters. The highest BCUT2D eigenvalue weighted by molar-refractivity contribution is 5.33. The Labute approximate surface area is 114 Å². The van der Waals surface area contributed by atoms with Crippen LogP contribution in [-0.2, 0) is 13.0 Å². The average Bonchev–Trinajstić information content (AvgIpc) is 2.82. The van der Waals surface area contributed by atoms with Crippen molar-refractivity contribution in [1.29, 1.82) is 0 Å². The van der Waals surface area contributed by atoms with E-state index < -0.39 is 0 Å². The number of benzene rings is 1. The molecule has 1 unspecified atom stereocenters. The lowest BCUT2D eigenvalue weighted by Crippen LogP contribution is -2.28. The zero-order chi connectivity index (χ0) is 13.7. The number of ether oxygens (including phenoxy) is 1. The molecule has 0 saturated heterocycles. The van der Waals surface area contributed by atoms with E-state index in [4.69, 9.17) is 4.74 Å². The molecular formula is C15H21N3O. The Balaban J connectivity index is 1.90. The second-order valence-corrected chi connectivity index (χ2v) is 4.77. The topological polar surface area (TPSA) is 49.9 Å². The predicted molar refractivity (Wildman–Crippen MR) is 76.3 cm³/mol. The number of methoxy groups -OCH3 is 1. The summed E-state index contributed by atoms with van der Waals surface area (Å²) in [6.07, 6.45) is 2.67. The van der Waals surface area contributed by atoms with Gasteiger partial charge in [-0.15, -0.1) is 0 Å². The van der Waals surface area contributed by atoms with Gasteiger partial charge in [-0.3, -0.25) is 0 Å². The van der Waals surface area contributed by atoms with Gasteiger partial charge in [0, 0.05) is 18.3 Å². The highest BCUT2D eigenvalue weighted by atomic mass is 16.5. The number of para-hydroxylation sites is 1. The van der Waals surface area contributed by atoms with E-state index in [0.29, 0.717) is 6.04 Å². The van der Waals surface area contributed by atoms with Gasteiger partial charge in [-0.25, -0.2) is 4.98 Å². The van der Waals surface area contributed by atoms with Gasteiger partial charge in [-0.05, 0) is 31.9 Å².